The Kier molecular flexibility index (Phi) is 4.61. The lowest BCUT2D eigenvalue weighted by atomic mass is 9.94. The molecule has 2 rings (SSSR count). The van der Waals surface area contributed by atoms with Crippen LogP contribution < -0.4 is 5.32 Å². The van der Waals surface area contributed by atoms with Crippen LogP contribution in [0.3, 0.4) is 0 Å². The highest BCUT2D eigenvalue weighted by Gasteiger charge is 2.08. The molecule has 0 aromatic heterocycles. The Morgan fingerprint density at radius 3 is 3.00 bits per heavy atom. The summed E-state index contributed by atoms with van der Waals surface area (Å²) in [5, 5.41) is 3.54. The number of hydrogen-bond donors (Lipinski definition) is 1. The summed E-state index contributed by atoms with van der Waals surface area (Å²) >= 11 is 3.49. The van der Waals surface area contributed by atoms with Crippen LogP contribution in [0.4, 0.5) is 0 Å². The van der Waals surface area contributed by atoms with Crippen molar-refractivity contribution in [1.82, 2.24) is 5.32 Å². The molecule has 2 heteroatoms. The summed E-state index contributed by atoms with van der Waals surface area (Å²) < 4.78 is 1.16. The average Bonchev–Trinajstić information content (AvgIpc) is 2.30. The molecule has 0 radical (unpaired) electrons. The van der Waals surface area contributed by atoms with Gasteiger partial charge >= 0.3 is 0 Å². The average molecular weight is 280 g/mol. The van der Waals surface area contributed by atoms with Crippen LogP contribution in [-0.2, 0) is 6.54 Å². The molecule has 16 heavy (non-hydrogen) atoms. The second-order valence-electron chi connectivity index (χ2n) is 4.41. The van der Waals surface area contributed by atoms with Crippen LogP contribution in [0.1, 0.15) is 24.8 Å². The maximum atomic E-state index is 3.54. The lowest BCUT2D eigenvalue weighted by molar-refractivity contribution is 0.440. The van der Waals surface area contributed by atoms with Gasteiger partial charge in [0.15, 0.2) is 0 Å². The second-order valence-corrected chi connectivity index (χ2v) is 5.33. The molecule has 0 saturated heterocycles. The Labute approximate surface area is 106 Å². The van der Waals surface area contributed by atoms with Crippen LogP contribution in [0.25, 0.3) is 0 Å². The van der Waals surface area contributed by atoms with Gasteiger partial charge in [-0.1, -0.05) is 40.2 Å². The Balaban J connectivity index is 1.73. The van der Waals surface area contributed by atoms with Gasteiger partial charge in [0.2, 0.25) is 0 Å². The Hall–Kier alpha value is -0.600. The van der Waals surface area contributed by atoms with Crippen molar-refractivity contribution < 1.29 is 0 Å². The van der Waals surface area contributed by atoms with Gasteiger partial charge in [0.25, 0.3) is 0 Å². The van der Waals surface area contributed by atoms with Crippen molar-refractivity contribution in [2.24, 2.45) is 5.92 Å². The lowest BCUT2D eigenvalue weighted by Gasteiger charge is -2.18. The zero-order chi connectivity index (χ0) is 11.2. The third-order valence-electron chi connectivity index (χ3n) is 3.03. The molecule has 1 aromatic carbocycles. The highest BCUT2D eigenvalue weighted by molar-refractivity contribution is 9.10. The van der Waals surface area contributed by atoms with E-state index in [1.165, 1.54) is 24.8 Å². The van der Waals surface area contributed by atoms with Gasteiger partial charge in [0.05, 0.1) is 0 Å². The van der Waals surface area contributed by atoms with Crippen molar-refractivity contribution in [3.8, 4) is 0 Å². The van der Waals surface area contributed by atoms with Crippen molar-refractivity contribution in [2.75, 3.05) is 6.54 Å². The molecule has 1 N–H and O–H groups in total. The zero-order valence-corrected chi connectivity index (χ0v) is 11.0. The van der Waals surface area contributed by atoms with Crippen molar-refractivity contribution in [1.29, 1.82) is 0 Å². The predicted molar refractivity (Wildman–Crippen MR) is 72.3 cm³/mol. The van der Waals surface area contributed by atoms with Crippen molar-refractivity contribution >= 4 is 15.9 Å². The second kappa shape index (κ2) is 6.21. The maximum Gasteiger partial charge on any atom is 0.0206 e. The fourth-order valence-electron chi connectivity index (χ4n) is 2.11. The minimum Gasteiger partial charge on any atom is -0.312 e. The van der Waals surface area contributed by atoms with E-state index < -0.39 is 0 Å². The molecule has 86 valence electrons. The van der Waals surface area contributed by atoms with Crippen LogP contribution in [-0.4, -0.2) is 6.54 Å². The molecule has 1 aliphatic rings. The van der Waals surface area contributed by atoms with Crippen LogP contribution in [0.5, 0.6) is 0 Å². The fraction of sp³-hybridized carbons (Fsp3) is 0.429. The van der Waals surface area contributed by atoms with Gasteiger partial charge in [-0.25, -0.2) is 0 Å². The summed E-state index contributed by atoms with van der Waals surface area (Å²) in [6, 6.07) is 8.49. The number of allylic oxidation sites excluding steroid dienone is 2. The summed E-state index contributed by atoms with van der Waals surface area (Å²) in [6.45, 7) is 2.11. The number of nitrogens with one attached hydrogen (secondary N) is 1. The van der Waals surface area contributed by atoms with Gasteiger partial charge in [-0.15, -0.1) is 0 Å². The molecule has 1 atom stereocenters. The van der Waals surface area contributed by atoms with E-state index >= 15 is 0 Å². The standard InChI is InChI=1S/C14H18BrN/c15-14-8-4-7-13(9-14)11-16-10-12-5-2-1-3-6-12/h1-2,4,7-9,12,16H,3,5-6,10-11H2. The zero-order valence-electron chi connectivity index (χ0n) is 9.45. The van der Waals surface area contributed by atoms with Crippen LogP contribution in [0, 0.1) is 5.92 Å². The largest absolute Gasteiger partial charge is 0.312 e. The molecular weight excluding hydrogens is 262 g/mol. The van der Waals surface area contributed by atoms with Crippen LogP contribution in [0.2, 0.25) is 0 Å². The molecular formula is C14H18BrN. The molecule has 0 spiro atoms. The number of rotatable bonds is 4. The van der Waals surface area contributed by atoms with Gasteiger partial charge in [-0.2, -0.15) is 0 Å². The third kappa shape index (κ3) is 3.76. The Bertz CT molecular complexity index is 360. The molecule has 0 aliphatic heterocycles. The summed E-state index contributed by atoms with van der Waals surface area (Å²) in [6.07, 6.45) is 8.44. The van der Waals surface area contributed by atoms with Gasteiger partial charge in [-0.05, 0) is 49.4 Å². The molecule has 0 bridgehead atoms. The quantitative estimate of drug-likeness (QED) is 0.825. The van der Waals surface area contributed by atoms with E-state index in [0.29, 0.717) is 0 Å². The minimum atomic E-state index is 0.831. The molecule has 1 nitrogen and oxygen atoms in total. The monoisotopic (exact) mass is 279 g/mol. The summed E-state index contributed by atoms with van der Waals surface area (Å²) in [5.41, 5.74) is 1.35. The molecule has 0 heterocycles. The summed E-state index contributed by atoms with van der Waals surface area (Å²) in [5.74, 6) is 0.831. The number of benzene rings is 1. The molecule has 0 amide bonds. The summed E-state index contributed by atoms with van der Waals surface area (Å²) in [4.78, 5) is 0. The van der Waals surface area contributed by atoms with Gasteiger partial charge in [0, 0.05) is 11.0 Å². The third-order valence-corrected chi connectivity index (χ3v) is 3.52. The number of halogens is 1. The Morgan fingerprint density at radius 1 is 1.31 bits per heavy atom. The van der Waals surface area contributed by atoms with Crippen LogP contribution >= 0.6 is 15.9 Å². The van der Waals surface area contributed by atoms with E-state index in [0.717, 1.165) is 23.5 Å². The molecule has 0 fully saturated rings. The molecule has 0 saturated carbocycles. The first-order chi connectivity index (χ1) is 7.84. The lowest BCUT2D eigenvalue weighted by Crippen LogP contribution is -2.23. The first-order valence-corrected chi connectivity index (χ1v) is 6.74. The first kappa shape index (κ1) is 11.9. The highest BCUT2D eigenvalue weighted by Crippen LogP contribution is 2.17. The summed E-state index contributed by atoms with van der Waals surface area (Å²) in [7, 11) is 0. The van der Waals surface area contributed by atoms with Crippen molar-refractivity contribution in [2.45, 2.75) is 25.8 Å². The first-order valence-electron chi connectivity index (χ1n) is 5.95. The predicted octanol–water partition coefficient (Wildman–Crippen LogP) is 3.90. The maximum absolute atomic E-state index is 3.54. The molecule has 1 aromatic rings. The van der Waals surface area contributed by atoms with Crippen LogP contribution in [0.15, 0.2) is 40.9 Å². The van der Waals surface area contributed by atoms with Gasteiger partial charge < -0.3 is 5.32 Å². The van der Waals surface area contributed by atoms with E-state index in [1.807, 2.05) is 0 Å². The van der Waals surface area contributed by atoms with E-state index in [4.69, 9.17) is 0 Å². The van der Waals surface area contributed by atoms with E-state index in [-0.39, 0.29) is 0 Å². The molecule has 1 unspecified atom stereocenters. The van der Waals surface area contributed by atoms with Gasteiger partial charge in [0.1, 0.15) is 0 Å². The van der Waals surface area contributed by atoms with E-state index in [2.05, 4.69) is 57.7 Å². The van der Waals surface area contributed by atoms with E-state index in [1.54, 1.807) is 0 Å². The fourth-order valence-corrected chi connectivity index (χ4v) is 2.56. The highest BCUT2D eigenvalue weighted by atomic mass is 79.9. The smallest absolute Gasteiger partial charge is 0.0206 e. The van der Waals surface area contributed by atoms with Crippen molar-refractivity contribution in [3.63, 3.8) is 0 Å². The number of hydrogen-bond acceptors (Lipinski definition) is 1. The SMILES string of the molecule is Brc1cccc(CNCC2CC=CCC2)c1. The normalized spacial score (nSPS) is 19.9. The minimum absolute atomic E-state index is 0.831. The van der Waals surface area contributed by atoms with Gasteiger partial charge in [-0.3, -0.25) is 0 Å². The topological polar surface area (TPSA) is 12.0 Å². The Morgan fingerprint density at radius 2 is 2.25 bits per heavy atom. The molecule has 1 aliphatic carbocycles. The van der Waals surface area contributed by atoms with E-state index in [9.17, 15) is 0 Å². The van der Waals surface area contributed by atoms with Crippen molar-refractivity contribution in [3.05, 3.63) is 46.5 Å².